The number of rotatable bonds is 8. The molecule has 0 N–H and O–H groups in total. The van der Waals surface area contributed by atoms with E-state index in [0.717, 1.165) is 12.1 Å². The monoisotopic (exact) mass is 430 g/mol. The molecule has 0 saturated carbocycles. The minimum absolute atomic E-state index is 0.00598. The Kier molecular flexibility index (Phi) is 7.08. The molecular formula is C21H26N4O2S2. The highest BCUT2D eigenvalue weighted by atomic mass is 32.2. The molecule has 0 aliphatic heterocycles. The molecule has 0 atom stereocenters. The molecule has 0 radical (unpaired) electrons. The van der Waals surface area contributed by atoms with Crippen molar-refractivity contribution in [3.05, 3.63) is 45.7 Å². The van der Waals surface area contributed by atoms with Crippen LogP contribution in [0, 0.1) is 5.92 Å². The number of thiazole rings is 1. The van der Waals surface area contributed by atoms with Crippen molar-refractivity contribution in [2.45, 2.75) is 51.6 Å². The molecule has 0 fully saturated rings. The van der Waals surface area contributed by atoms with E-state index < -0.39 is 0 Å². The maximum atomic E-state index is 13.0. The van der Waals surface area contributed by atoms with E-state index in [0.29, 0.717) is 46.0 Å². The van der Waals surface area contributed by atoms with Crippen molar-refractivity contribution in [3.63, 3.8) is 0 Å². The van der Waals surface area contributed by atoms with Crippen molar-refractivity contribution in [2.24, 2.45) is 5.92 Å². The second-order valence-electron chi connectivity index (χ2n) is 7.22. The summed E-state index contributed by atoms with van der Waals surface area (Å²) in [5, 5.41) is 4.03. The fraction of sp³-hybridized carbons (Fsp3) is 0.429. The lowest BCUT2D eigenvalue weighted by Crippen LogP contribution is -2.27. The molecule has 2 aromatic heterocycles. The number of nitrogens with zero attached hydrogens (tertiary/aromatic N) is 4. The van der Waals surface area contributed by atoms with Gasteiger partial charge in [-0.25, -0.2) is 9.97 Å². The Balaban J connectivity index is 1.87. The molecule has 2 heterocycles. The number of carbonyl (C=O) groups excluding carboxylic acids is 1. The van der Waals surface area contributed by atoms with E-state index in [2.05, 4.69) is 18.8 Å². The van der Waals surface area contributed by atoms with Gasteiger partial charge >= 0.3 is 0 Å². The van der Waals surface area contributed by atoms with Crippen LogP contribution in [-0.4, -0.2) is 27.0 Å². The summed E-state index contributed by atoms with van der Waals surface area (Å²) in [6, 6.07) is 7.48. The van der Waals surface area contributed by atoms with E-state index in [1.54, 1.807) is 16.4 Å². The van der Waals surface area contributed by atoms with Crippen molar-refractivity contribution in [1.29, 1.82) is 0 Å². The first kappa shape index (κ1) is 21.5. The summed E-state index contributed by atoms with van der Waals surface area (Å²) in [5.74, 6) is 1.08. The van der Waals surface area contributed by atoms with E-state index in [4.69, 9.17) is 4.98 Å². The quantitative estimate of drug-likeness (QED) is 0.387. The Bertz CT molecular complexity index is 1060. The summed E-state index contributed by atoms with van der Waals surface area (Å²) in [6.07, 6.45) is 0.915. The normalized spacial score (nSPS) is 11.3. The Morgan fingerprint density at radius 3 is 2.72 bits per heavy atom. The van der Waals surface area contributed by atoms with Gasteiger partial charge in [0.1, 0.15) is 0 Å². The number of hydrogen-bond donors (Lipinski definition) is 0. The number of fused-ring (bicyclic) bond motifs is 1. The molecule has 3 aromatic rings. The summed E-state index contributed by atoms with van der Waals surface area (Å²) >= 11 is 2.98. The van der Waals surface area contributed by atoms with Gasteiger partial charge in [-0.1, -0.05) is 37.7 Å². The molecule has 0 bridgehead atoms. The molecule has 0 spiro atoms. The third-order valence-corrected chi connectivity index (χ3v) is 6.50. The minimum atomic E-state index is -0.0141. The molecule has 0 aliphatic rings. The molecule has 29 heavy (non-hydrogen) atoms. The summed E-state index contributed by atoms with van der Waals surface area (Å²) in [7, 11) is 0. The number of benzene rings is 1. The van der Waals surface area contributed by atoms with Gasteiger partial charge in [-0.3, -0.25) is 19.1 Å². The zero-order valence-corrected chi connectivity index (χ0v) is 18.8. The molecule has 0 aliphatic carbocycles. The fourth-order valence-corrected chi connectivity index (χ4v) is 4.92. The molecule has 1 aromatic carbocycles. The van der Waals surface area contributed by atoms with Gasteiger partial charge in [-0.05, 0) is 31.4 Å². The van der Waals surface area contributed by atoms with E-state index in [9.17, 15) is 9.59 Å². The average molecular weight is 431 g/mol. The van der Waals surface area contributed by atoms with Gasteiger partial charge < -0.3 is 0 Å². The molecule has 0 unspecified atom stereocenters. The number of amides is 1. The number of aromatic nitrogens is 3. The molecule has 154 valence electrons. The van der Waals surface area contributed by atoms with Gasteiger partial charge in [0.15, 0.2) is 10.3 Å². The van der Waals surface area contributed by atoms with E-state index >= 15 is 0 Å². The smallest absolute Gasteiger partial charge is 0.262 e. The molecule has 1 amide bonds. The molecule has 8 heteroatoms. The largest absolute Gasteiger partial charge is 0.289 e. The third kappa shape index (κ3) is 5.05. The summed E-state index contributed by atoms with van der Waals surface area (Å²) in [6.45, 7) is 9.02. The van der Waals surface area contributed by atoms with Gasteiger partial charge in [0.2, 0.25) is 5.91 Å². The van der Waals surface area contributed by atoms with Crippen LogP contribution in [0.25, 0.3) is 10.9 Å². The zero-order chi connectivity index (χ0) is 21.0. The Labute approximate surface area is 179 Å². The number of para-hydroxylation sites is 1. The maximum absolute atomic E-state index is 13.0. The van der Waals surface area contributed by atoms with Gasteiger partial charge in [0.05, 0.1) is 16.6 Å². The van der Waals surface area contributed by atoms with Crippen LogP contribution in [0.4, 0.5) is 5.13 Å². The Morgan fingerprint density at radius 1 is 1.28 bits per heavy atom. The van der Waals surface area contributed by atoms with E-state index in [1.165, 1.54) is 23.1 Å². The SMILES string of the molecule is CCN(C(C)=O)c1nc(CSc2nc3ccccc3c(=O)n2CCC(C)C)cs1. The number of carbonyl (C=O) groups is 1. The maximum Gasteiger partial charge on any atom is 0.262 e. The van der Waals surface area contributed by atoms with E-state index in [-0.39, 0.29) is 11.5 Å². The average Bonchev–Trinajstić information content (AvgIpc) is 3.14. The molecule has 0 saturated heterocycles. The number of anilines is 1. The summed E-state index contributed by atoms with van der Waals surface area (Å²) in [4.78, 5) is 35.8. The Hall–Kier alpha value is -2.19. The Morgan fingerprint density at radius 2 is 2.03 bits per heavy atom. The van der Waals surface area contributed by atoms with Crippen LogP contribution in [0.2, 0.25) is 0 Å². The van der Waals surface area contributed by atoms with Crippen molar-refractivity contribution in [3.8, 4) is 0 Å². The number of hydrogen-bond acceptors (Lipinski definition) is 6. The first-order valence-electron chi connectivity index (χ1n) is 9.75. The van der Waals surface area contributed by atoms with Gasteiger partial charge in [0.25, 0.3) is 5.56 Å². The van der Waals surface area contributed by atoms with Crippen molar-refractivity contribution in [2.75, 3.05) is 11.4 Å². The van der Waals surface area contributed by atoms with Crippen LogP contribution in [0.15, 0.2) is 39.6 Å². The fourth-order valence-electron chi connectivity index (χ4n) is 2.96. The van der Waals surface area contributed by atoms with Gasteiger partial charge in [-0.15, -0.1) is 11.3 Å². The van der Waals surface area contributed by atoms with Gasteiger partial charge in [0, 0.05) is 31.1 Å². The van der Waals surface area contributed by atoms with Crippen LogP contribution in [0.1, 0.15) is 39.8 Å². The van der Waals surface area contributed by atoms with Gasteiger partial charge in [-0.2, -0.15) is 0 Å². The second kappa shape index (κ2) is 9.54. The standard InChI is InChI=1S/C21H26N4O2S2/c1-5-24(15(4)26)20-22-16(12-28-20)13-29-21-23-18-9-7-6-8-17(18)19(27)25(21)11-10-14(2)3/h6-9,12,14H,5,10-11,13H2,1-4H3. The lowest BCUT2D eigenvalue weighted by molar-refractivity contribution is -0.116. The first-order valence-corrected chi connectivity index (χ1v) is 11.6. The first-order chi connectivity index (χ1) is 13.9. The highest BCUT2D eigenvalue weighted by molar-refractivity contribution is 7.98. The topological polar surface area (TPSA) is 68.1 Å². The number of thioether (sulfide) groups is 1. The highest BCUT2D eigenvalue weighted by Gasteiger charge is 2.16. The lowest BCUT2D eigenvalue weighted by atomic mass is 10.1. The second-order valence-corrected chi connectivity index (χ2v) is 9.00. The predicted molar refractivity (Wildman–Crippen MR) is 121 cm³/mol. The lowest BCUT2D eigenvalue weighted by Gasteiger charge is -2.15. The zero-order valence-electron chi connectivity index (χ0n) is 17.2. The van der Waals surface area contributed by atoms with Crippen molar-refractivity contribution >= 4 is 45.0 Å². The van der Waals surface area contributed by atoms with Crippen LogP contribution >= 0.6 is 23.1 Å². The summed E-state index contributed by atoms with van der Waals surface area (Å²) in [5.41, 5.74) is 1.60. The summed E-state index contributed by atoms with van der Waals surface area (Å²) < 4.78 is 1.79. The minimum Gasteiger partial charge on any atom is -0.289 e. The molecule has 3 rings (SSSR count). The predicted octanol–water partition coefficient (Wildman–Crippen LogP) is 4.56. The van der Waals surface area contributed by atoms with Crippen LogP contribution in [0.5, 0.6) is 0 Å². The third-order valence-electron chi connectivity index (χ3n) is 4.57. The van der Waals surface area contributed by atoms with Crippen LogP contribution < -0.4 is 10.5 Å². The highest BCUT2D eigenvalue weighted by Crippen LogP contribution is 2.27. The van der Waals surface area contributed by atoms with Crippen LogP contribution in [-0.2, 0) is 17.1 Å². The molecular weight excluding hydrogens is 404 g/mol. The van der Waals surface area contributed by atoms with Crippen molar-refractivity contribution < 1.29 is 4.79 Å². The van der Waals surface area contributed by atoms with Crippen LogP contribution in [0.3, 0.4) is 0 Å². The van der Waals surface area contributed by atoms with E-state index in [1.807, 2.05) is 36.6 Å². The molecule has 6 nitrogen and oxygen atoms in total. The van der Waals surface area contributed by atoms with Crippen molar-refractivity contribution in [1.82, 2.24) is 14.5 Å².